The summed E-state index contributed by atoms with van der Waals surface area (Å²) in [6, 6.07) is 8.54. The third kappa shape index (κ3) is 5.58. The van der Waals surface area contributed by atoms with Gasteiger partial charge in [-0.15, -0.1) is 0 Å². The van der Waals surface area contributed by atoms with Gasteiger partial charge in [-0.1, -0.05) is 0 Å². The molecule has 1 aromatic rings. The van der Waals surface area contributed by atoms with Gasteiger partial charge in [0, 0.05) is 43.0 Å². The van der Waals surface area contributed by atoms with Crippen LogP contribution in [0.2, 0.25) is 0 Å². The van der Waals surface area contributed by atoms with Crippen molar-refractivity contribution in [2.24, 2.45) is 0 Å². The van der Waals surface area contributed by atoms with E-state index in [9.17, 15) is 4.79 Å². The first-order valence-electron chi connectivity index (χ1n) is 8.34. The van der Waals surface area contributed by atoms with Gasteiger partial charge in [-0.25, -0.2) is 0 Å². The second-order valence-corrected chi connectivity index (χ2v) is 7.07. The quantitative estimate of drug-likeness (QED) is 0.876. The smallest absolute Gasteiger partial charge is 0.222 e. The lowest BCUT2D eigenvalue weighted by molar-refractivity contribution is -0.122. The SMILES string of the molecule is CC(C)(C)NC(=O)CCNc1ccc(N2CCCCC2)cc1. The molecule has 122 valence electrons. The van der Waals surface area contributed by atoms with Crippen LogP contribution in [-0.4, -0.2) is 31.1 Å². The average molecular weight is 303 g/mol. The number of piperidine rings is 1. The van der Waals surface area contributed by atoms with E-state index in [1.54, 1.807) is 0 Å². The Labute approximate surface area is 134 Å². The monoisotopic (exact) mass is 303 g/mol. The number of benzene rings is 1. The molecular formula is C18H29N3O. The van der Waals surface area contributed by atoms with Gasteiger partial charge in [0.25, 0.3) is 0 Å². The Morgan fingerprint density at radius 3 is 2.32 bits per heavy atom. The Hall–Kier alpha value is -1.71. The molecule has 0 atom stereocenters. The Morgan fingerprint density at radius 1 is 1.09 bits per heavy atom. The van der Waals surface area contributed by atoms with E-state index in [4.69, 9.17) is 0 Å². The summed E-state index contributed by atoms with van der Waals surface area (Å²) in [5, 5.41) is 6.28. The molecule has 1 fully saturated rings. The molecular weight excluding hydrogens is 274 g/mol. The molecule has 1 saturated heterocycles. The van der Waals surface area contributed by atoms with E-state index in [-0.39, 0.29) is 11.4 Å². The lowest BCUT2D eigenvalue weighted by Crippen LogP contribution is -2.41. The van der Waals surface area contributed by atoms with Crippen LogP contribution in [0.3, 0.4) is 0 Å². The minimum Gasteiger partial charge on any atom is -0.385 e. The first-order valence-corrected chi connectivity index (χ1v) is 8.34. The maximum atomic E-state index is 11.8. The van der Waals surface area contributed by atoms with Crippen LogP contribution in [0.25, 0.3) is 0 Å². The first-order chi connectivity index (χ1) is 10.4. The third-order valence-electron chi connectivity index (χ3n) is 3.78. The molecule has 0 saturated carbocycles. The largest absolute Gasteiger partial charge is 0.385 e. The number of nitrogens with zero attached hydrogens (tertiary/aromatic N) is 1. The van der Waals surface area contributed by atoms with Crippen LogP contribution in [0.4, 0.5) is 11.4 Å². The highest BCUT2D eigenvalue weighted by Gasteiger charge is 2.13. The van der Waals surface area contributed by atoms with Crippen LogP contribution >= 0.6 is 0 Å². The van der Waals surface area contributed by atoms with E-state index in [0.717, 1.165) is 5.69 Å². The van der Waals surface area contributed by atoms with Crippen molar-refractivity contribution >= 4 is 17.3 Å². The molecule has 1 aliphatic rings. The van der Waals surface area contributed by atoms with E-state index in [2.05, 4.69) is 39.8 Å². The van der Waals surface area contributed by atoms with Crippen molar-refractivity contribution in [3.05, 3.63) is 24.3 Å². The van der Waals surface area contributed by atoms with Crippen molar-refractivity contribution in [3.8, 4) is 0 Å². The number of rotatable bonds is 5. The standard InChI is InChI=1S/C18H29N3O/c1-18(2,3)20-17(22)11-12-19-15-7-9-16(10-8-15)21-13-5-4-6-14-21/h7-10,19H,4-6,11-14H2,1-3H3,(H,20,22). The molecule has 0 aromatic heterocycles. The summed E-state index contributed by atoms with van der Waals surface area (Å²) in [7, 11) is 0. The maximum Gasteiger partial charge on any atom is 0.222 e. The van der Waals surface area contributed by atoms with E-state index >= 15 is 0 Å². The average Bonchev–Trinajstić information content (AvgIpc) is 2.47. The van der Waals surface area contributed by atoms with Crippen molar-refractivity contribution in [1.82, 2.24) is 5.32 Å². The molecule has 22 heavy (non-hydrogen) atoms. The van der Waals surface area contributed by atoms with Gasteiger partial charge in [-0.05, 0) is 64.3 Å². The van der Waals surface area contributed by atoms with Gasteiger partial charge in [-0.2, -0.15) is 0 Å². The minimum absolute atomic E-state index is 0.0879. The summed E-state index contributed by atoms with van der Waals surface area (Å²) >= 11 is 0. The number of carbonyl (C=O) groups excluding carboxylic acids is 1. The van der Waals surface area contributed by atoms with Crippen molar-refractivity contribution in [3.63, 3.8) is 0 Å². The zero-order valence-corrected chi connectivity index (χ0v) is 14.1. The van der Waals surface area contributed by atoms with Gasteiger partial charge in [-0.3, -0.25) is 4.79 Å². The maximum absolute atomic E-state index is 11.8. The summed E-state index contributed by atoms with van der Waals surface area (Å²) < 4.78 is 0. The molecule has 2 rings (SSSR count). The molecule has 1 aromatic carbocycles. The van der Waals surface area contributed by atoms with Crippen LogP contribution in [-0.2, 0) is 4.79 Å². The van der Waals surface area contributed by atoms with Gasteiger partial charge in [0.15, 0.2) is 0 Å². The van der Waals surface area contributed by atoms with Crippen molar-refractivity contribution in [2.45, 2.75) is 52.0 Å². The fourth-order valence-electron chi connectivity index (χ4n) is 2.74. The molecule has 1 heterocycles. The summed E-state index contributed by atoms with van der Waals surface area (Å²) in [6.45, 7) is 8.98. The highest BCUT2D eigenvalue weighted by Crippen LogP contribution is 2.21. The van der Waals surface area contributed by atoms with E-state index in [0.29, 0.717) is 13.0 Å². The van der Waals surface area contributed by atoms with E-state index < -0.39 is 0 Å². The van der Waals surface area contributed by atoms with Gasteiger partial charge in [0.1, 0.15) is 0 Å². The predicted octanol–water partition coefficient (Wildman–Crippen LogP) is 3.39. The molecule has 0 radical (unpaired) electrons. The molecule has 0 unspecified atom stereocenters. The summed E-state index contributed by atoms with van der Waals surface area (Å²) in [4.78, 5) is 14.2. The number of hydrogen-bond acceptors (Lipinski definition) is 3. The lowest BCUT2D eigenvalue weighted by Gasteiger charge is -2.28. The normalized spacial score (nSPS) is 15.5. The molecule has 2 N–H and O–H groups in total. The van der Waals surface area contributed by atoms with Gasteiger partial charge >= 0.3 is 0 Å². The molecule has 0 spiro atoms. The van der Waals surface area contributed by atoms with E-state index in [1.807, 2.05) is 20.8 Å². The number of nitrogens with one attached hydrogen (secondary N) is 2. The Balaban J connectivity index is 1.75. The Kier molecular flexibility index (Phi) is 5.69. The number of carbonyl (C=O) groups is 1. The van der Waals surface area contributed by atoms with Gasteiger partial charge < -0.3 is 15.5 Å². The molecule has 0 aliphatic carbocycles. The predicted molar refractivity (Wildman–Crippen MR) is 93.5 cm³/mol. The fraction of sp³-hybridized carbons (Fsp3) is 0.611. The summed E-state index contributed by atoms with van der Waals surface area (Å²) in [5.41, 5.74) is 2.22. The van der Waals surface area contributed by atoms with Crippen LogP contribution in [0.1, 0.15) is 46.5 Å². The minimum atomic E-state index is -0.160. The van der Waals surface area contributed by atoms with Crippen LogP contribution in [0.5, 0.6) is 0 Å². The lowest BCUT2D eigenvalue weighted by atomic mass is 10.1. The topological polar surface area (TPSA) is 44.4 Å². The van der Waals surface area contributed by atoms with Gasteiger partial charge in [0.05, 0.1) is 0 Å². The summed E-state index contributed by atoms with van der Waals surface area (Å²) in [6.07, 6.45) is 4.43. The second-order valence-electron chi connectivity index (χ2n) is 7.07. The molecule has 1 amide bonds. The van der Waals surface area contributed by atoms with Crippen LogP contribution < -0.4 is 15.5 Å². The Morgan fingerprint density at radius 2 is 1.73 bits per heavy atom. The van der Waals surface area contributed by atoms with Crippen LogP contribution in [0, 0.1) is 0 Å². The molecule has 1 aliphatic heterocycles. The third-order valence-corrected chi connectivity index (χ3v) is 3.78. The van der Waals surface area contributed by atoms with Crippen LogP contribution in [0.15, 0.2) is 24.3 Å². The summed E-state index contributed by atoms with van der Waals surface area (Å²) in [5.74, 6) is 0.0879. The van der Waals surface area contributed by atoms with Crippen molar-refractivity contribution < 1.29 is 4.79 Å². The number of anilines is 2. The van der Waals surface area contributed by atoms with Crippen molar-refractivity contribution in [1.29, 1.82) is 0 Å². The zero-order chi connectivity index (χ0) is 16.0. The molecule has 0 bridgehead atoms. The molecule has 4 heteroatoms. The second kappa shape index (κ2) is 7.52. The number of hydrogen-bond donors (Lipinski definition) is 2. The van der Waals surface area contributed by atoms with E-state index in [1.165, 1.54) is 38.0 Å². The van der Waals surface area contributed by atoms with Gasteiger partial charge in [0.2, 0.25) is 5.91 Å². The molecule has 4 nitrogen and oxygen atoms in total. The highest BCUT2D eigenvalue weighted by atomic mass is 16.1. The number of amides is 1. The zero-order valence-electron chi connectivity index (χ0n) is 14.1. The Bertz CT molecular complexity index is 470. The van der Waals surface area contributed by atoms with Crippen molar-refractivity contribution in [2.75, 3.05) is 29.9 Å². The highest BCUT2D eigenvalue weighted by molar-refractivity contribution is 5.77. The first kappa shape index (κ1) is 16.7. The fourth-order valence-corrected chi connectivity index (χ4v) is 2.74.